The van der Waals surface area contributed by atoms with Crippen molar-refractivity contribution in [2.75, 3.05) is 6.61 Å². The van der Waals surface area contributed by atoms with E-state index in [1.165, 1.54) is 5.56 Å². The summed E-state index contributed by atoms with van der Waals surface area (Å²) in [6.07, 6.45) is 9.59. The molecule has 0 atom stereocenters. The fourth-order valence-corrected chi connectivity index (χ4v) is 1.44. The molecular formula is C14H17ClN2O. The quantitative estimate of drug-likeness (QED) is 0.775. The van der Waals surface area contributed by atoms with Gasteiger partial charge in [0.25, 0.3) is 0 Å². The van der Waals surface area contributed by atoms with E-state index in [1.54, 1.807) is 12.5 Å². The molecule has 2 rings (SSSR count). The normalized spacial score (nSPS) is 10.3. The molecule has 2 aromatic rings. The van der Waals surface area contributed by atoms with E-state index in [0.717, 1.165) is 12.3 Å². The standard InChI is InChI=1S/C14H16N2O.ClH/c1-13-4-6-14(7-5-13)17-11-3-2-9-16-10-8-15-12-16;/h2-8,10,12H,9,11H2,1H3;1H. The zero-order valence-corrected chi connectivity index (χ0v) is 11.1. The van der Waals surface area contributed by atoms with E-state index in [1.807, 2.05) is 41.1 Å². The Morgan fingerprint density at radius 3 is 2.67 bits per heavy atom. The van der Waals surface area contributed by atoms with Crippen LogP contribution in [0.1, 0.15) is 5.56 Å². The second-order valence-corrected chi connectivity index (χ2v) is 3.85. The van der Waals surface area contributed by atoms with Crippen LogP contribution in [0.15, 0.2) is 55.1 Å². The van der Waals surface area contributed by atoms with Gasteiger partial charge in [0.05, 0.1) is 6.33 Å². The van der Waals surface area contributed by atoms with Gasteiger partial charge in [-0.1, -0.05) is 23.8 Å². The lowest BCUT2D eigenvalue weighted by Gasteiger charge is -2.02. The molecule has 0 fully saturated rings. The number of hydrogen-bond donors (Lipinski definition) is 0. The molecule has 0 bridgehead atoms. The maximum atomic E-state index is 5.57. The molecule has 0 amide bonds. The third-order valence-corrected chi connectivity index (χ3v) is 2.41. The minimum atomic E-state index is 0. The van der Waals surface area contributed by atoms with Gasteiger partial charge < -0.3 is 9.30 Å². The van der Waals surface area contributed by atoms with Crippen LogP contribution in [0.3, 0.4) is 0 Å². The number of halogens is 1. The first-order valence-electron chi connectivity index (χ1n) is 5.65. The fourth-order valence-electron chi connectivity index (χ4n) is 1.44. The molecule has 1 aromatic heterocycles. The number of allylic oxidation sites excluding steroid dienone is 1. The van der Waals surface area contributed by atoms with Crippen molar-refractivity contribution in [3.05, 3.63) is 60.7 Å². The van der Waals surface area contributed by atoms with Crippen LogP contribution in [0.4, 0.5) is 0 Å². The molecule has 0 saturated carbocycles. The van der Waals surface area contributed by atoms with Gasteiger partial charge in [0.2, 0.25) is 0 Å². The molecule has 3 nitrogen and oxygen atoms in total. The molecular weight excluding hydrogens is 248 g/mol. The van der Waals surface area contributed by atoms with Crippen LogP contribution in [0.2, 0.25) is 0 Å². The van der Waals surface area contributed by atoms with Crippen molar-refractivity contribution in [1.29, 1.82) is 0 Å². The van der Waals surface area contributed by atoms with Gasteiger partial charge in [-0.3, -0.25) is 0 Å². The van der Waals surface area contributed by atoms with Gasteiger partial charge in [0.1, 0.15) is 12.4 Å². The van der Waals surface area contributed by atoms with Gasteiger partial charge in [-0.25, -0.2) is 4.98 Å². The van der Waals surface area contributed by atoms with Crippen molar-refractivity contribution in [1.82, 2.24) is 9.55 Å². The Morgan fingerprint density at radius 2 is 2.00 bits per heavy atom. The van der Waals surface area contributed by atoms with Gasteiger partial charge in [-0.2, -0.15) is 0 Å². The number of hydrogen-bond acceptors (Lipinski definition) is 2. The lowest BCUT2D eigenvalue weighted by Crippen LogP contribution is -1.95. The molecule has 0 aliphatic carbocycles. The molecule has 4 heteroatoms. The highest BCUT2D eigenvalue weighted by molar-refractivity contribution is 5.85. The van der Waals surface area contributed by atoms with Crippen molar-refractivity contribution >= 4 is 12.4 Å². The fraction of sp³-hybridized carbons (Fsp3) is 0.214. The Bertz CT molecular complexity index is 463. The van der Waals surface area contributed by atoms with Gasteiger partial charge in [-0.05, 0) is 25.1 Å². The third kappa shape index (κ3) is 4.63. The first-order chi connectivity index (χ1) is 8.34. The first-order valence-corrected chi connectivity index (χ1v) is 5.65. The van der Waals surface area contributed by atoms with Crippen LogP contribution in [-0.4, -0.2) is 16.2 Å². The van der Waals surface area contributed by atoms with E-state index < -0.39 is 0 Å². The topological polar surface area (TPSA) is 27.1 Å². The second-order valence-electron chi connectivity index (χ2n) is 3.85. The summed E-state index contributed by atoms with van der Waals surface area (Å²) in [4.78, 5) is 3.97. The number of rotatable bonds is 5. The minimum Gasteiger partial charge on any atom is -0.490 e. The maximum Gasteiger partial charge on any atom is 0.119 e. The maximum absolute atomic E-state index is 5.57. The summed E-state index contributed by atoms with van der Waals surface area (Å²) in [5, 5.41) is 0. The molecule has 96 valence electrons. The van der Waals surface area contributed by atoms with E-state index in [2.05, 4.69) is 18.0 Å². The van der Waals surface area contributed by atoms with Gasteiger partial charge >= 0.3 is 0 Å². The molecule has 0 radical (unpaired) electrons. The third-order valence-electron chi connectivity index (χ3n) is 2.41. The Kier molecular flexibility index (Phi) is 6.01. The van der Waals surface area contributed by atoms with E-state index in [9.17, 15) is 0 Å². The summed E-state index contributed by atoms with van der Waals surface area (Å²) >= 11 is 0. The number of aromatic nitrogens is 2. The molecule has 0 spiro atoms. The summed E-state index contributed by atoms with van der Waals surface area (Å²) in [6.45, 7) is 3.49. The Labute approximate surface area is 114 Å². The highest BCUT2D eigenvalue weighted by Gasteiger charge is 1.90. The SMILES string of the molecule is Cc1ccc(OCC=CCn2ccnc2)cc1.Cl. The Hall–Kier alpha value is -1.74. The molecule has 0 N–H and O–H groups in total. The number of benzene rings is 1. The molecule has 1 aromatic carbocycles. The van der Waals surface area contributed by atoms with Crippen LogP contribution in [0.5, 0.6) is 5.75 Å². The Balaban J connectivity index is 0.00000162. The molecule has 0 aliphatic rings. The average molecular weight is 265 g/mol. The van der Waals surface area contributed by atoms with Crippen molar-refractivity contribution in [2.45, 2.75) is 13.5 Å². The predicted octanol–water partition coefficient (Wildman–Crippen LogP) is 3.25. The largest absolute Gasteiger partial charge is 0.490 e. The summed E-state index contributed by atoms with van der Waals surface area (Å²) in [5.41, 5.74) is 1.24. The molecule has 18 heavy (non-hydrogen) atoms. The molecule has 0 unspecified atom stereocenters. The second kappa shape index (κ2) is 7.56. The van der Waals surface area contributed by atoms with E-state index in [-0.39, 0.29) is 12.4 Å². The summed E-state index contributed by atoms with van der Waals surface area (Å²) in [6, 6.07) is 8.06. The van der Waals surface area contributed by atoms with E-state index >= 15 is 0 Å². The highest BCUT2D eigenvalue weighted by Crippen LogP contribution is 2.10. The van der Waals surface area contributed by atoms with Crippen LogP contribution in [0.25, 0.3) is 0 Å². The molecule has 0 saturated heterocycles. The van der Waals surface area contributed by atoms with Crippen molar-refractivity contribution in [3.63, 3.8) is 0 Å². The number of nitrogens with zero attached hydrogens (tertiary/aromatic N) is 2. The van der Waals surface area contributed by atoms with Gasteiger partial charge in [-0.15, -0.1) is 12.4 Å². The summed E-state index contributed by atoms with van der Waals surface area (Å²) in [5.74, 6) is 0.905. The lowest BCUT2D eigenvalue weighted by molar-refractivity contribution is 0.362. The zero-order valence-electron chi connectivity index (χ0n) is 10.3. The number of ether oxygens (including phenoxy) is 1. The van der Waals surface area contributed by atoms with Crippen molar-refractivity contribution in [3.8, 4) is 5.75 Å². The summed E-state index contributed by atoms with van der Waals surface area (Å²) < 4.78 is 7.57. The van der Waals surface area contributed by atoms with Gasteiger partial charge in [0, 0.05) is 18.9 Å². The smallest absolute Gasteiger partial charge is 0.119 e. The highest BCUT2D eigenvalue weighted by atomic mass is 35.5. The van der Waals surface area contributed by atoms with Gasteiger partial charge in [0.15, 0.2) is 0 Å². The average Bonchev–Trinajstić information content (AvgIpc) is 2.84. The van der Waals surface area contributed by atoms with E-state index in [0.29, 0.717) is 6.61 Å². The molecule has 1 heterocycles. The zero-order chi connectivity index (χ0) is 11.9. The predicted molar refractivity (Wildman–Crippen MR) is 75.3 cm³/mol. The van der Waals surface area contributed by atoms with E-state index in [4.69, 9.17) is 4.74 Å². The van der Waals surface area contributed by atoms with Crippen LogP contribution in [-0.2, 0) is 6.54 Å². The Morgan fingerprint density at radius 1 is 1.22 bits per heavy atom. The monoisotopic (exact) mass is 264 g/mol. The first kappa shape index (κ1) is 14.3. The van der Waals surface area contributed by atoms with Crippen LogP contribution < -0.4 is 4.74 Å². The number of imidazole rings is 1. The lowest BCUT2D eigenvalue weighted by atomic mass is 10.2. The number of aryl methyl sites for hydroxylation is 1. The van der Waals surface area contributed by atoms with Crippen molar-refractivity contribution < 1.29 is 4.74 Å². The van der Waals surface area contributed by atoms with Crippen molar-refractivity contribution in [2.24, 2.45) is 0 Å². The van der Waals surface area contributed by atoms with Crippen LogP contribution in [0, 0.1) is 6.92 Å². The summed E-state index contributed by atoms with van der Waals surface area (Å²) in [7, 11) is 0. The van der Waals surface area contributed by atoms with Crippen LogP contribution >= 0.6 is 12.4 Å². The molecule has 0 aliphatic heterocycles. The minimum absolute atomic E-state index is 0.